The van der Waals surface area contributed by atoms with E-state index in [0.29, 0.717) is 19.5 Å². The quantitative estimate of drug-likeness (QED) is 0.340. The number of aliphatic hydroxyl groups is 2. The van der Waals surface area contributed by atoms with Crippen LogP contribution in [0.3, 0.4) is 0 Å². The molecule has 0 aromatic heterocycles. The molecule has 0 aliphatic rings. The van der Waals surface area contributed by atoms with Crippen LogP contribution in [0.15, 0.2) is 0 Å². The van der Waals surface area contributed by atoms with Crippen LogP contribution in [0.4, 0.5) is 0 Å². The Morgan fingerprint density at radius 2 is 2.30 bits per heavy atom. The molecule has 0 saturated heterocycles. The lowest BCUT2D eigenvalue weighted by atomic mass is 10.3. The molecule has 3 heteroatoms. The van der Waals surface area contributed by atoms with Crippen LogP contribution in [-0.4, -0.2) is 36.0 Å². The minimum absolute atomic E-state index is 0.183. The van der Waals surface area contributed by atoms with Gasteiger partial charge in [-0.25, -0.2) is 0 Å². The maximum absolute atomic E-state index is 8.82. The summed E-state index contributed by atoms with van der Waals surface area (Å²) in [5, 5.41) is 20.1. The lowest BCUT2D eigenvalue weighted by Gasteiger charge is -2.05. The van der Waals surface area contributed by atoms with Crippen LogP contribution < -0.4 is 5.32 Å². The summed E-state index contributed by atoms with van der Waals surface area (Å²) >= 11 is 0. The summed E-state index contributed by atoms with van der Waals surface area (Å²) in [6, 6.07) is 0. The SMILES string of the molecule is C#CCNCCC(O)CO. The third kappa shape index (κ3) is 5.57. The van der Waals surface area contributed by atoms with Crippen molar-refractivity contribution in [1.29, 1.82) is 0 Å². The average molecular weight is 143 g/mol. The maximum atomic E-state index is 8.82. The van der Waals surface area contributed by atoms with Gasteiger partial charge in [0.05, 0.1) is 19.3 Å². The number of hydrogen-bond acceptors (Lipinski definition) is 3. The van der Waals surface area contributed by atoms with Gasteiger partial charge in [-0.2, -0.15) is 0 Å². The minimum Gasteiger partial charge on any atom is -0.394 e. The van der Waals surface area contributed by atoms with Crippen molar-refractivity contribution in [3.05, 3.63) is 0 Å². The molecular formula is C7H13NO2. The minimum atomic E-state index is -0.620. The summed E-state index contributed by atoms with van der Waals surface area (Å²) in [5.74, 6) is 2.40. The normalized spacial score (nSPS) is 12.5. The van der Waals surface area contributed by atoms with E-state index in [4.69, 9.17) is 16.6 Å². The van der Waals surface area contributed by atoms with Crippen molar-refractivity contribution in [2.24, 2.45) is 0 Å². The van der Waals surface area contributed by atoms with Crippen LogP contribution >= 0.6 is 0 Å². The molecule has 58 valence electrons. The van der Waals surface area contributed by atoms with Crippen LogP contribution in [0.1, 0.15) is 6.42 Å². The molecule has 0 aromatic rings. The zero-order valence-corrected chi connectivity index (χ0v) is 5.88. The number of nitrogens with one attached hydrogen (secondary N) is 1. The van der Waals surface area contributed by atoms with Crippen molar-refractivity contribution in [2.75, 3.05) is 19.7 Å². The number of rotatable bonds is 5. The molecule has 0 aliphatic carbocycles. The van der Waals surface area contributed by atoms with Gasteiger partial charge in [0.2, 0.25) is 0 Å². The van der Waals surface area contributed by atoms with Gasteiger partial charge in [-0.3, -0.25) is 0 Å². The third-order valence-corrected chi connectivity index (χ3v) is 1.09. The zero-order valence-electron chi connectivity index (χ0n) is 5.88. The molecule has 0 radical (unpaired) electrons. The molecule has 1 unspecified atom stereocenters. The van der Waals surface area contributed by atoms with E-state index in [1.54, 1.807) is 0 Å². The van der Waals surface area contributed by atoms with E-state index in [1.165, 1.54) is 0 Å². The number of hydrogen-bond donors (Lipinski definition) is 3. The Morgan fingerprint density at radius 3 is 2.80 bits per heavy atom. The van der Waals surface area contributed by atoms with Crippen LogP contribution in [0.5, 0.6) is 0 Å². The summed E-state index contributed by atoms with van der Waals surface area (Å²) < 4.78 is 0. The lowest BCUT2D eigenvalue weighted by Crippen LogP contribution is -2.22. The smallest absolute Gasteiger partial charge is 0.0783 e. The highest BCUT2D eigenvalue weighted by Gasteiger charge is 1.98. The second-order valence-electron chi connectivity index (χ2n) is 2.01. The molecule has 0 rings (SSSR count). The zero-order chi connectivity index (χ0) is 7.82. The predicted octanol–water partition coefficient (Wildman–Crippen LogP) is -1.05. The Labute approximate surface area is 61.1 Å². The lowest BCUT2D eigenvalue weighted by molar-refractivity contribution is 0.0886. The molecule has 0 amide bonds. The van der Waals surface area contributed by atoms with Gasteiger partial charge in [-0.05, 0) is 13.0 Å². The van der Waals surface area contributed by atoms with Crippen molar-refractivity contribution in [3.8, 4) is 12.3 Å². The van der Waals surface area contributed by atoms with Crippen LogP contribution in [0.25, 0.3) is 0 Å². The Balaban J connectivity index is 2.98. The molecule has 0 aliphatic heterocycles. The molecule has 0 bridgehead atoms. The average Bonchev–Trinajstić information content (AvgIpc) is 1.98. The van der Waals surface area contributed by atoms with Crippen molar-refractivity contribution >= 4 is 0 Å². The van der Waals surface area contributed by atoms with Gasteiger partial charge < -0.3 is 15.5 Å². The first-order valence-corrected chi connectivity index (χ1v) is 3.24. The van der Waals surface area contributed by atoms with E-state index in [9.17, 15) is 0 Å². The first-order chi connectivity index (χ1) is 4.81. The predicted molar refractivity (Wildman–Crippen MR) is 39.4 cm³/mol. The second-order valence-corrected chi connectivity index (χ2v) is 2.01. The highest BCUT2D eigenvalue weighted by molar-refractivity contribution is 4.86. The van der Waals surface area contributed by atoms with E-state index < -0.39 is 6.10 Å². The van der Waals surface area contributed by atoms with Crippen molar-refractivity contribution < 1.29 is 10.2 Å². The summed E-state index contributed by atoms with van der Waals surface area (Å²) in [4.78, 5) is 0. The van der Waals surface area contributed by atoms with E-state index in [1.807, 2.05) is 0 Å². The van der Waals surface area contributed by atoms with Gasteiger partial charge >= 0.3 is 0 Å². The van der Waals surface area contributed by atoms with Crippen LogP contribution in [0, 0.1) is 12.3 Å². The Hall–Kier alpha value is -0.560. The van der Waals surface area contributed by atoms with Crippen molar-refractivity contribution in [3.63, 3.8) is 0 Å². The van der Waals surface area contributed by atoms with Gasteiger partial charge in [-0.1, -0.05) is 5.92 Å². The molecule has 0 heterocycles. The molecule has 0 aromatic carbocycles. The van der Waals surface area contributed by atoms with Crippen LogP contribution in [-0.2, 0) is 0 Å². The van der Waals surface area contributed by atoms with E-state index in [0.717, 1.165) is 0 Å². The number of terminal acetylenes is 1. The van der Waals surface area contributed by atoms with Crippen LogP contribution in [0.2, 0.25) is 0 Å². The highest BCUT2D eigenvalue weighted by Crippen LogP contribution is 1.85. The molecule has 0 fully saturated rings. The molecular weight excluding hydrogens is 130 g/mol. The summed E-state index contributed by atoms with van der Waals surface area (Å²) in [6.07, 6.45) is 4.87. The van der Waals surface area contributed by atoms with E-state index in [2.05, 4.69) is 11.2 Å². The first-order valence-electron chi connectivity index (χ1n) is 3.24. The third-order valence-electron chi connectivity index (χ3n) is 1.09. The molecule has 10 heavy (non-hydrogen) atoms. The monoisotopic (exact) mass is 143 g/mol. The van der Waals surface area contributed by atoms with E-state index >= 15 is 0 Å². The molecule has 3 nitrogen and oxygen atoms in total. The fraction of sp³-hybridized carbons (Fsp3) is 0.714. The summed E-state index contributed by atoms with van der Waals surface area (Å²) in [6.45, 7) is 0.974. The standard InChI is InChI=1S/C7H13NO2/c1-2-4-8-5-3-7(10)6-9/h1,7-10H,3-6H2. The van der Waals surface area contributed by atoms with Crippen molar-refractivity contribution in [1.82, 2.24) is 5.32 Å². The largest absolute Gasteiger partial charge is 0.394 e. The van der Waals surface area contributed by atoms with Crippen molar-refractivity contribution in [2.45, 2.75) is 12.5 Å². The Kier molecular flexibility index (Phi) is 6.19. The van der Waals surface area contributed by atoms with Gasteiger partial charge in [0, 0.05) is 0 Å². The summed E-state index contributed by atoms with van der Waals surface area (Å²) in [5.41, 5.74) is 0. The fourth-order valence-corrected chi connectivity index (χ4v) is 0.521. The van der Waals surface area contributed by atoms with Gasteiger partial charge in [0.25, 0.3) is 0 Å². The Bertz CT molecular complexity index is 109. The van der Waals surface area contributed by atoms with Gasteiger partial charge in [-0.15, -0.1) is 6.42 Å². The fourth-order valence-electron chi connectivity index (χ4n) is 0.521. The second kappa shape index (κ2) is 6.56. The first kappa shape index (κ1) is 9.44. The molecule has 0 spiro atoms. The summed E-state index contributed by atoms with van der Waals surface area (Å²) in [7, 11) is 0. The Morgan fingerprint density at radius 1 is 1.60 bits per heavy atom. The topological polar surface area (TPSA) is 52.5 Å². The molecule has 3 N–H and O–H groups in total. The molecule has 0 saturated carbocycles. The number of aliphatic hydroxyl groups excluding tert-OH is 2. The molecule has 1 atom stereocenters. The maximum Gasteiger partial charge on any atom is 0.0783 e. The van der Waals surface area contributed by atoms with Gasteiger partial charge in [0.15, 0.2) is 0 Å². The highest BCUT2D eigenvalue weighted by atomic mass is 16.3. The van der Waals surface area contributed by atoms with Gasteiger partial charge in [0.1, 0.15) is 0 Å². The van der Waals surface area contributed by atoms with E-state index in [-0.39, 0.29) is 6.61 Å².